The SMILES string of the molecule is Cc1cc(OCc2ncccn2)cc(=O)n1[C@H](C)c1ccc(OCCO)cc1. The summed E-state index contributed by atoms with van der Waals surface area (Å²) < 4.78 is 12.8. The van der Waals surface area contributed by atoms with E-state index in [9.17, 15) is 4.79 Å². The van der Waals surface area contributed by atoms with Crippen molar-refractivity contribution in [2.24, 2.45) is 0 Å². The van der Waals surface area contributed by atoms with E-state index < -0.39 is 0 Å². The molecule has 146 valence electrons. The molecule has 28 heavy (non-hydrogen) atoms. The van der Waals surface area contributed by atoms with Crippen LogP contribution in [0.15, 0.2) is 59.7 Å². The molecule has 0 aliphatic carbocycles. The predicted octanol–water partition coefficient (Wildman–Crippen LogP) is 2.51. The summed E-state index contributed by atoms with van der Waals surface area (Å²) in [5.74, 6) is 1.73. The summed E-state index contributed by atoms with van der Waals surface area (Å²) in [4.78, 5) is 20.9. The van der Waals surface area contributed by atoms with E-state index >= 15 is 0 Å². The monoisotopic (exact) mass is 381 g/mol. The zero-order chi connectivity index (χ0) is 19.9. The highest BCUT2D eigenvalue weighted by molar-refractivity contribution is 5.31. The van der Waals surface area contributed by atoms with E-state index in [4.69, 9.17) is 14.6 Å². The molecule has 2 heterocycles. The Morgan fingerprint density at radius 1 is 1.07 bits per heavy atom. The normalized spacial score (nSPS) is 11.8. The van der Waals surface area contributed by atoms with Gasteiger partial charge >= 0.3 is 0 Å². The van der Waals surface area contributed by atoms with Gasteiger partial charge < -0.3 is 19.1 Å². The molecule has 7 nitrogen and oxygen atoms in total. The summed E-state index contributed by atoms with van der Waals surface area (Å²) in [7, 11) is 0. The lowest BCUT2D eigenvalue weighted by molar-refractivity contribution is 0.201. The third-order valence-electron chi connectivity index (χ3n) is 4.33. The smallest absolute Gasteiger partial charge is 0.254 e. The molecular formula is C21H23N3O4. The largest absolute Gasteiger partial charge is 0.491 e. The second kappa shape index (κ2) is 9.14. The Bertz CT molecular complexity index is 956. The van der Waals surface area contributed by atoms with Crippen molar-refractivity contribution >= 4 is 0 Å². The lowest BCUT2D eigenvalue weighted by Gasteiger charge is -2.19. The average Bonchev–Trinajstić information content (AvgIpc) is 2.71. The quantitative estimate of drug-likeness (QED) is 0.645. The highest BCUT2D eigenvalue weighted by atomic mass is 16.5. The van der Waals surface area contributed by atoms with Crippen LogP contribution in [0.25, 0.3) is 0 Å². The van der Waals surface area contributed by atoms with Gasteiger partial charge in [-0.1, -0.05) is 12.1 Å². The molecule has 0 unspecified atom stereocenters. The maximum atomic E-state index is 12.7. The number of hydrogen-bond acceptors (Lipinski definition) is 6. The van der Waals surface area contributed by atoms with Gasteiger partial charge in [-0.15, -0.1) is 0 Å². The van der Waals surface area contributed by atoms with Crippen LogP contribution in [0.4, 0.5) is 0 Å². The van der Waals surface area contributed by atoms with Crippen LogP contribution in [0.5, 0.6) is 11.5 Å². The molecule has 0 spiro atoms. The van der Waals surface area contributed by atoms with Gasteiger partial charge in [0.2, 0.25) is 0 Å². The Morgan fingerprint density at radius 2 is 1.79 bits per heavy atom. The van der Waals surface area contributed by atoms with Crippen LogP contribution in [0, 0.1) is 6.92 Å². The first kappa shape index (κ1) is 19.6. The minimum atomic E-state index is -0.147. The number of rotatable bonds is 8. The molecule has 0 fully saturated rings. The summed E-state index contributed by atoms with van der Waals surface area (Å²) in [5, 5.41) is 8.83. The minimum absolute atomic E-state index is 0.0302. The number of aliphatic hydroxyl groups is 1. The molecule has 1 aromatic carbocycles. The number of hydrogen-bond donors (Lipinski definition) is 1. The summed E-state index contributed by atoms with van der Waals surface area (Å²) in [5.41, 5.74) is 1.63. The van der Waals surface area contributed by atoms with E-state index in [0.717, 1.165) is 11.3 Å². The molecule has 0 aliphatic rings. The summed E-state index contributed by atoms with van der Waals surface area (Å²) >= 11 is 0. The van der Waals surface area contributed by atoms with E-state index in [-0.39, 0.29) is 31.4 Å². The third kappa shape index (κ3) is 4.75. The van der Waals surface area contributed by atoms with Crippen molar-refractivity contribution < 1.29 is 14.6 Å². The maximum absolute atomic E-state index is 12.7. The van der Waals surface area contributed by atoms with Crippen LogP contribution < -0.4 is 15.0 Å². The number of pyridine rings is 1. The van der Waals surface area contributed by atoms with Crippen LogP contribution in [-0.2, 0) is 6.61 Å². The summed E-state index contributed by atoms with van der Waals surface area (Å²) in [6, 6.07) is 12.4. The molecule has 0 saturated carbocycles. The van der Waals surface area contributed by atoms with Gasteiger partial charge in [0.25, 0.3) is 5.56 Å². The fourth-order valence-corrected chi connectivity index (χ4v) is 2.97. The molecule has 2 aromatic heterocycles. The number of ether oxygens (including phenoxy) is 2. The molecule has 3 rings (SSSR count). The second-order valence-electron chi connectivity index (χ2n) is 6.31. The van der Waals surface area contributed by atoms with E-state index in [0.29, 0.717) is 17.3 Å². The van der Waals surface area contributed by atoms with Gasteiger partial charge in [-0.25, -0.2) is 9.97 Å². The molecule has 0 bridgehead atoms. The van der Waals surface area contributed by atoms with E-state index in [1.807, 2.05) is 44.2 Å². The average molecular weight is 381 g/mol. The van der Waals surface area contributed by atoms with E-state index in [1.165, 1.54) is 6.07 Å². The molecule has 0 radical (unpaired) electrons. The van der Waals surface area contributed by atoms with Gasteiger partial charge in [-0.3, -0.25) is 4.79 Å². The van der Waals surface area contributed by atoms with E-state index in [1.54, 1.807) is 23.0 Å². The predicted molar refractivity (Wildman–Crippen MR) is 105 cm³/mol. The Hall–Kier alpha value is -3.19. The van der Waals surface area contributed by atoms with Gasteiger partial charge in [0.15, 0.2) is 5.82 Å². The zero-order valence-corrected chi connectivity index (χ0v) is 15.9. The van der Waals surface area contributed by atoms with Crippen molar-refractivity contribution in [3.8, 4) is 11.5 Å². The van der Waals surface area contributed by atoms with Gasteiger partial charge in [0.05, 0.1) is 12.6 Å². The van der Waals surface area contributed by atoms with Crippen molar-refractivity contribution in [3.63, 3.8) is 0 Å². The van der Waals surface area contributed by atoms with Crippen LogP contribution in [0.1, 0.15) is 30.0 Å². The van der Waals surface area contributed by atoms with Crippen molar-refractivity contribution in [3.05, 3.63) is 82.3 Å². The van der Waals surface area contributed by atoms with Crippen molar-refractivity contribution in [2.75, 3.05) is 13.2 Å². The molecule has 3 aromatic rings. The number of aliphatic hydroxyl groups excluding tert-OH is 1. The molecule has 0 aliphatic heterocycles. The fourth-order valence-electron chi connectivity index (χ4n) is 2.97. The van der Waals surface area contributed by atoms with Crippen molar-refractivity contribution in [1.82, 2.24) is 14.5 Å². The Kier molecular flexibility index (Phi) is 6.39. The number of benzene rings is 1. The molecule has 0 saturated heterocycles. The number of nitrogens with zero attached hydrogens (tertiary/aromatic N) is 3. The Labute approximate surface area is 163 Å². The molecular weight excluding hydrogens is 358 g/mol. The maximum Gasteiger partial charge on any atom is 0.254 e. The Morgan fingerprint density at radius 3 is 2.43 bits per heavy atom. The topological polar surface area (TPSA) is 86.5 Å². The summed E-state index contributed by atoms with van der Waals surface area (Å²) in [6.07, 6.45) is 3.30. The van der Waals surface area contributed by atoms with E-state index in [2.05, 4.69) is 9.97 Å². The molecule has 7 heteroatoms. The van der Waals surface area contributed by atoms with Crippen molar-refractivity contribution in [1.29, 1.82) is 0 Å². The molecule has 0 amide bonds. The van der Waals surface area contributed by atoms with Gasteiger partial charge in [0, 0.05) is 24.2 Å². The third-order valence-corrected chi connectivity index (χ3v) is 4.33. The molecule has 1 atom stereocenters. The van der Waals surface area contributed by atoms with Gasteiger partial charge in [-0.05, 0) is 43.7 Å². The standard InChI is InChI=1S/C21H23N3O4/c1-15-12-19(28-14-20-22-8-3-9-23-20)13-21(26)24(15)16(2)17-4-6-18(7-5-17)27-11-10-25/h3-9,12-13,16,25H,10-11,14H2,1-2H3/t16-/m1/s1. The van der Waals surface area contributed by atoms with Crippen molar-refractivity contribution in [2.45, 2.75) is 26.5 Å². The van der Waals surface area contributed by atoms with Crippen LogP contribution >= 0.6 is 0 Å². The van der Waals surface area contributed by atoms with Crippen LogP contribution in [0.3, 0.4) is 0 Å². The van der Waals surface area contributed by atoms with Crippen LogP contribution in [0.2, 0.25) is 0 Å². The number of aromatic nitrogens is 3. The van der Waals surface area contributed by atoms with Crippen LogP contribution in [-0.4, -0.2) is 32.9 Å². The molecule has 1 N–H and O–H groups in total. The lowest BCUT2D eigenvalue weighted by Crippen LogP contribution is -2.25. The zero-order valence-electron chi connectivity index (χ0n) is 15.9. The first-order valence-corrected chi connectivity index (χ1v) is 9.04. The summed E-state index contributed by atoms with van der Waals surface area (Å²) in [6.45, 7) is 4.27. The Balaban J connectivity index is 1.75. The highest BCUT2D eigenvalue weighted by Gasteiger charge is 2.14. The first-order chi connectivity index (χ1) is 13.6. The highest BCUT2D eigenvalue weighted by Crippen LogP contribution is 2.22. The van der Waals surface area contributed by atoms with Gasteiger partial charge in [0.1, 0.15) is 24.7 Å². The second-order valence-corrected chi connectivity index (χ2v) is 6.31. The van der Waals surface area contributed by atoms with Gasteiger partial charge in [-0.2, -0.15) is 0 Å². The first-order valence-electron chi connectivity index (χ1n) is 9.04. The minimum Gasteiger partial charge on any atom is -0.491 e. The fraction of sp³-hybridized carbons (Fsp3) is 0.286. The lowest BCUT2D eigenvalue weighted by atomic mass is 10.1. The number of aryl methyl sites for hydroxylation is 1.